The molecule has 0 bridgehead atoms. The zero-order valence-corrected chi connectivity index (χ0v) is 12.5. The number of hydrogen-bond donors (Lipinski definition) is 0. The molecule has 20 heavy (non-hydrogen) atoms. The Bertz CT molecular complexity index is 395. The molecule has 0 fully saturated rings. The highest BCUT2D eigenvalue weighted by Crippen LogP contribution is 2.20. The minimum absolute atomic E-state index is 0.471. The molecule has 0 rings (SSSR count). The van der Waals surface area contributed by atoms with Gasteiger partial charge >= 0.3 is 5.97 Å². The second-order valence-corrected chi connectivity index (χ2v) is 4.81. The van der Waals surface area contributed by atoms with Crippen molar-refractivity contribution in [3.8, 4) is 0 Å². The maximum absolute atomic E-state index is 12.1. The maximum atomic E-state index is 12.1. The zero-order valence-electron chi connectivity index (χ0n) is 12.5. The van der Waals surface area contributed by atoms with E-state index >= 15 is 0 Å². The van der Waals surface area contributed by atoms with Crippen molar-refractivity contribution < 1.29 is 33.7 Å². The van der Waals surface area contributed by atoms with Gasteiger partial charge < -0.3 is 4.74 Å². The summed E-state index contributed by atoms with van der Waals surface area (Å²) in [4.78, 5) is 55.9. The van der Waals surface area contributed by atoms with Gasteiger partial charge in [0.2, 0.25) is 0 Å². The van der Waals surface area contributed by atoms with E-state index in [1.165, 1.54) is 13.8 Å². The molecule has 7 heteroatoms. The molecule has 0 heterocycles. The van der Waals surface area contributed by atoms with Gasteiger partial charge in [-0.05, 0) is 41.5 Å². The Hall–Kier alpha value is -1.60. The van der Waals surface area contributed by atoms with Crippen LogP contribution in [-0.4, -0.2) is 41.1 Å². The number of hydrogen-bond acceptors (Lipinski definition) is 7. The summed E-state index contributed by atoms with van der Waals surface area (Å²) in [6.45, 7) is 8.21. The largest absolute Gasteiger partial charge is 0.412 e. The molecule has 0 atom stereocenters. The van der Waals surface area contributed by atoms with Gasteiger partial charge in [0, 0.05) is 0 Å². The third-order valence-electron chi connectivity index (χ3n) is 2.23. The van der Waals surface area contributed by atoms with Gasteiger partial charge in [-0.3, -0.25) is 19.3 Å². The van der Waals surface area contributed by atoms with Crippen LogP contribution in [0.2, 0.25) is 0 Å². The highest BCUT2D eigenvalue weighted by Gasteiger charge is 2.54. The number of carbonyl (C=O) groups is 4. The van der Waals surface area contributed by atoms with Gasteiger partial charge in [0.15, 0.2) is 11.6 Å². The van der Waals surface area contributed by atoms with E-state index in [-0.39, 0.29) is 0 Å². The monoisotopic (exact) mass is 288 g/mol. The molecule has 114 valence electrons. The molecule has 0 aliphatic rings. The number of carbonyl (C=O) groups excluding carboxylic acids is 4. The van der Waals surface area contributed by atoms with Crippen molar-refractivity contribution >= 4 is 23.3 Å². The number of ketones is 3. The van der Waals surface area contributed by atoms with E-state index in [4.69, 9.17) is 4.74 Å². The van der Waals surface area contributed by atoms with Gasteiger partial charge in [-0.15, -0.1) is 0 Å². The van der Waals surface area contributed by atoms with Crippen LogP contribution in [-0.2, 0) is 33.7 Å². The Balaban J connectivity index is 5.41. The molecule has 0 spiro atoms. The van der Waals surface area contributed by atoms with E-state index in [1.54, 1.807) is 13.8 Å². The molecule has 0 aliphatic carbocycles. The average molecular weight is 288 g/mol. The summed E-state index contributed by atoms with van der Waals surface area (Å²) in [5, 5.41) is 0. The van der Waals surface area contributed by atoms with Crippen LogP contribution in [0.5, 0.6) is 0 Å². The molecular formula is C13H20O7. The van der Waals surface area contributed by atoms with Crippen LogP contribution in [0.15, 0.2) is 0 Å². The molecule has 0 saturated heterocycles. The van der Waals surface area contributed by atoms with Gasteiger partial charge in [-0.2, -0.15) is 4.89 Å². The molecule has 0 radical (unpaired) electrons. The Morgan fingerprint density at radius 1 is 0.850 bits per heavy atom. The second kappa shape index (κ2) is 7.25. The fraction of sp³-hybridized carbons (Fsp3) is 0.692. The van der Waals surface area contributed by atoms with Crippen LogP contribution in [0.4, 0.5) is 0 Å². The molecule has 0 unspecified atom stereocenters. The van der Waals surface area contributed by atoms with Crippen molar-refractivity contribution in [2.24, 2.45) is 0 Å². The highest BCUT2D eigenvalue weighted by molar-refractivity contribution is 6.48. The van der Waals surface area contributed by atoms with Crippen LogP contribution >= 0.6 is 0 Å². The van der Waals surface area contributed by atoms with Crippen LogP contribution < -0.4 is 0 Å². The third-order valence-corrected chi connectivity index (χ3v) is 2.23. The van der Waals surface area contributed by atoms with Gasteiger partial charge in [0.1, 0.15) is 0 Å². The Labute approximate surface area is 117 Å². The number of rotatable bonds is 8. The summed E-state index contributed by atoms with van der Waals surface area (Å²) in [7, 11) is 0. The van der Waals surface area contributed by atoms with Crippen molar-refractivity contribution in [1.29, 1.82) is 0 Å². The average Bonchev–Trinajstić information content (AvgIpc) is 2.30. The standard InChI is InChI=1S/C13H20O7/c1-7(2)18-13(9(5)14,10(6)15)11(16)12(17)20-19-8(3)4/h7-8H,1-6H3. The van der Waals surface area contributed by atoms with Gasteiger partial charge in [-0.25, -0.2) is 4.79 Å². The maximum Gasteiger partial charge on any atom is 0.412 e. The zero-order chi connectivity index (χ0) is 16.1. The van der Waals surface area contributed by atoms with E-state index in [0.717, 1.165) is 13.8 Å². The fourth-order valence-corrected chi connectivity index (χ4v) is 1.46. The predicted octanol–water partition coefficient (Wildman–Crippen LogP) is 0.780. The lowest BCUT2D eigenvalue weighted by Crippen LogP contribution is -2.57. The SMILES string of the molecule is CC(=O)C(OC(C)C)(C(C)=O)C(=O)C(=O)OOC(C)C. The van der Waals surface area contributed by atoms with E-state index in [9.17, 15) is 19.2 Å². The Kier molecular flexibility index (Phi) is 6.67. The first-order chi connectivity index (χ1) is 9.05. The van der Waals surface area contributed by atoms with E-state index in [1.807, 2.05) is 0 Å². The minimum atomic E-state index is -2.48. The van der Waals surface area contributed by atoms with Crippen molar-refractivity contribution in [1.82, 2.24) is 0 Å². The first-order valence-electron chi connectivity index (χ1n) is 6.17. The minimum Gasteiger partial charge on any atom is -0.350 e. The first kappa shape index (κ1) is 18.4. The van der Waals surface area contributed by atoms with E-state index < -0.39 is 41.1 Å². The number of Topliss-reactive ketones (excluding diaryl/α,β-unsaturated/α-hetero) is 3. The lowest BCUT2D eigenvalue weighted by atomic mass is 9.89. The van der Waals surface area contributed by atoms with Crippen LogP contribution in [0.1, 0.15) is 41.5 Å². The molecule has 0 saturated carbocycles. The van der Waals surface area contributed by atoms with Gasteiger partial charge in [0.25, 0.3) is 11.4 Å². The number of ether oxygens (including phenoxy) is 1. The van der Waals surface area contributed by atoms with Gasteiger partial charge in [0.05, 0.1) is 12.2 Å². The lowest BCUT2D eigenvalue weighted by Gasteiger charge is -2.28. The Morgan fingerprint density at radius 3 is 1.60 bits per heavy atom. The lowest BCUT2D eigenvalue weighted by molar-refractivity contribution is -0.289. The van der Waals surface area contributed by atoms with Crippen LogP contribution in [0.3, 0.4) is 0 Å². The molecule has 0 amide bonds. The van der Waals surface area contributed by atoms with Crippen LogP contribution in [0.25, 0.3) is 0 Å². The summed E-state index contributed by atoms with van der Waals surface area (Å²) in [6.07, 6.45) is -1.09. The predicted molar refractivity (Wildman–Crippen MR) is 67.6 cm³/mol. The van der Waals surface area contributed by atoms with E-state index in [0.29, 0.717) is 0 Å². The second-order valence-electron chi connectivity index (χ2n) is 4.81. The molecular weight excluding hydrogens is 268 g/mol. The summed E-state index contributed by atoms with van der Waals surface area (Å²) in [5.74, 6) is -4.62. The molecule has 0 aromatic heterocycles. The van der Waals surface area contributed by atoms with Crippen molar-refractivity contribution in [2.45, 2.75) is 59.4 Å². The van der Waals surface area contributed by atoms with Crippen molar-refractivity contribution in [3.05, 3.63) is 0 Å². The molecule has 0 aromatic rings. The Morgan fingerprint density at radius 2 is 1.30 bits per heavy atom. The topological polar surface area (TPSA) is 96.0 Å². The van der Waals surface area contributed by atoms with Crippen molar-refractivity contribution in [2.75, 3.05) is 0 Å². The smallest absolute Gasteiger partial charge is 0.350 e. The molecule has 7 nitrogen and oxygen atoms in total. The van der Waals surface area contributed by atoms with Gasteiger partial charge in [-0.1, -0.05) is 0 Å². The summed E-state index contributed by atoms with van der Waals surface area (Å²) in [5.41, 5.74) is -2.48. The van der Waals surface area contributed by atoms with Crippen LogP contribution in [0, 0.1) is 0 Å². The summed E-state index contributed by atoms with van der Waals surface area (Å²) in [6, 6.07) is 0. The first-order valence-corrected chi connectivity index (χ1v) is 6.17. The van der Waals surface area contributed by atoms with Crippen molar-refractivity contribution in [3.63, 3.8) is 0 Å². The normalized spacial score (nSPS) is 11.6. The third kappa shape index (κ3) is 4.21. The molecule has 0 aliphatic heterocycles. The highest BCUT2D eigenvalue weighted by atomic mass is 17.2. The fourth-order valence-electron chi connectivity index (χ4n) is 1.46. The quantitative estimate of drug-likeness (QED) is 0.282. The van der Waals surface area contributed by atoms with E-state index in [2.05, 4.69) is 9.78 Å². The molecule has 0 N–H and O–H groups in total. The molecule has 0 aromatic carbocycles. The summed E-state index contributed by atoms with van der Waals surface area (Å²) < 4.78 is 5.15. The summed E-state index contributed by atoms with van der Waals surface area (Å²) >= 11 is 0.